The van der Waals surface area contributed by atoms with Gasteiger partial charge in [-0.1, -0.05) is 26.0 Å². The van der Waals surface area contributed by atoms with Crippen molar-refractivity contribution < 1.29 is 0 Å². The summed E-state index contributed by atoms with van der Waals surface area (Å²) < 4.78 is 0. The van der Waals surface area contributed by atoms with Crippen LogP contribution in [0.4, 0.5) is 0 Å². The van der Waals surface area contributed by atoms with Gasteiger partial charge in [-0.05, 0) is 98.5 Å². The van der Waals surface area contributed by atoms with E-state index in [9.17, 15) is 0 Å². The summed E-state index contributed by atoms with van der Waals surface area (Å²) in [6.45, 7) is 12.6. The first-order valence-electron chi connectivity index (χ1n) is 9.51. The Bertz CT molecular complexity index is 890. The molecule has 2 rings (SSSR count). The largest absolute Gasteiger partial charge is 0.192 e. The van der Waals surface area contributed by atoms with Gasteiger partial charge in [-0.3, -0.25) is 0 Å². The average Bonchev–Trinajstić information content (AvgIpc) is 2.64. The van der Waals surface area contributed by atoms with Crippen LogP contribution in [0.1, 0.15) is 63.3 Å². The Labute approximate surface area is 163 Å². The van der Waals surface area contributed by atoms with Crippen LogP contribution in [-0.4, -0.2) is 11.4 Å². The molecule has 27 heavy (non-hydrogen) atoms. The first-order valence-corrected chi connectivity index (χ1v) is 9.51. The van der Waals surface area contributed by atoms with E-state index in [1.54, 1.807) is 0 Å². The van der Waals surface area contributed by atoms with E-state index in [0.717, 1.165) is 35.4 Å². The molecule has 0 atom stereocenters. The lowest BCUT2D eigenvalue weighted by atomic mass is 9.88. The third kappa shape index (κ3) is 5.62. The molecule has 0 unspecified atom stereocenters. The lowest BCUT2D eigenvalue weighted by Gasteiger charge is -2.17. The summed E-state index contributed by atoms with van der Waals surface area (Å²) in [5.74, 6) is 0.656. The first-order chi connectivity index (χ1) is 12.8. The van der Waals surface area contributed by atoms with Crippen LogP contribution in [0.3, 0.4) is 0 Å². The lowest BCUT2D eigenvalue weighted by Crippen LogP contribution is -2.03. The molecule has 0 aromatic heterocycles. The molecule has 2 aromatic rings. The Morgan fingerprint density at radius 2 is 1.70 bits per heavy atom. The molecule has 0 fully saturated rings. The molecule has 0 radical (unpaired) electrons. The standard InChI is InChI=1S/C24H29N3/c1-16(2)7-12-23-18(5)13-22(19(6)27-26-17(3)4)14-24(23)21-10-8-20(15-25)9-11-21/h8-11,13-14,16H,7,12H2,1-6H3/b27-19+. The van der Waals surface area contributed by atoms with Crippen LogP contribution in [0.5, 0.6) is 0 Å². The fourth-order valence-corrected chi connectivity index (χ4v) is 3.01. The van der Waals surface area contributed by atoms with E-state index in [1.165, 1.54) is 16.7 Å². The Hall–Kier alpha value is -2.73. The summed E-state index contributed by atoms with van der Waals surface area (Å²) in [4.78, 5) is 0. The SMILES string of the molecule is CC(C)=N/N=C(\C)c1cc(C)c(CCC(C)C)c(-c2ccc(C#N)cc2)c1. The zero-order valence-electron chi connectivity index (χ0n) is 17.3. The quantitative estimate of drug-likeness (QED) is 0.439. The van der Waals surface area contributed by atoms with Gasteiger partial charge < -0.3 is 0 Å². The van der Waals surface area contributed by atoms with Gasteiger partial charge >= 0.3 is 0 Å². The van der Waals surface area contributed by atoms with Crippen LogP contribution < -0.4 is 0 Å². The second kappa shape index (κ2) is 9.28. The van der Waals surface area contributed by atoms with Crippen molar-refractivity contribution in [2.24, 2.45) is 16.1 Å². The Kier molecular flexibility index (Phi) is 7.07. The fraction of sp³-hybridized carbons (Fsp3) is 0.375. The molecule has 0 bridgehead atoms. The van der Waals surface area contributed by atoms with E-state index in [0.29, 0.717) is 11.5 Å². The molecule has 2 aromatic carbocycles. The molecule has 3 nitrogen and oxygen atoms in total. The normalized spacial score (nSPS) is 11.4. The van der Waals surface area contributed by atoms with Crippen molar-refractivity contribution in [3.05, 3.63) is 58.7 Å². The maximum Gasteiger partial charge on any atom is 0.0991 e. The minimum atomic E-state index is 0.656. The molecule has 0 saturated heterocycles. The zero-order chi connectivity index (χ0) is 20.0. The highest BCUT2D eigenvalue weighted by Gasteiger charge is 2.13. The molecule has 0 heterocycles. The minimum absolute atomic E-state index is 0.656. The third-order valence-electron chi connectivity index (χ3n) is 4.59. The van der Waals surface area contributed by atoms with E-state index in [2.05, 4.69) is 49.2 Å². The number of benzene rings is 2. The summed E-state index contributed by atoms with van der Waals surface area (Å²) in [6.07, 6.45) is 2.19. The average molecular weight is 360 g/mol. The smallest absolute Gasteiger partial charge is 0.0991 e. The minimum Gasteiger partial charge on any atom is -0.192 e. The maximum atomic E-state index is 9.09. The Morgan fingerprint density at radius 3 is 2.26 bits per heavy atom. The monoisotopic (exact) mass is 359 g/mol. The molecular weight excluding hydrogens is 330 g/mol. The van der Waals surface area contributed by atoms with Gasteiger partial charge in [0.15, 0.2) is 0 Å². The number of hydrogen-bond donors (Lipinski definition) is 0. The van der Waals surface area contributed by atoms with Gasteiger partial charge in [0.05, 0.1) is 17.3 Å². The number of nitriles is 1. The van der Waals surface area contributed by atoms with Crippen LogP contribution in [-0.2, 0) is 6.42 Å². The van der Waals surface area contributed by atoms with Crippen molar-refractivity contribution in [1.29, 1.82) is 5.26 Å². The van der Waals surface area contributed by atoms with Crippen LogP contribution in [0.25, 0.3) is 11.1 Å². The molecule has 0 N–H and O–H groups in total. The van der Waals surface area contributed by atoms with Crippen molar-refractivity contribution >= 4 is 11.4 Å². The van der Waals surface area contributed by atoms with Gasteiger partial charge in [-0.25, -0.2) is 0 Å². The summed E-state index contributed by atoms with van der Waals surface area (Å²) >= 11 is 0. The zero-order valence-corrected chi connectivity index (χ0v) is 17.3. The molecule has 0 saturated carbocycles. The highest BCUT2D eigenvalue weighted by Crippen LogP contribution is 2.30. The number of nitrogens with zero attached hydrogens (tertiary/aromatic N) is 3. The van der Waals surface area contributed by atoms with Crippen molar-refractivity contribution in [2.45, 2.75) is 54.4 Å². The Morgan fingerprint density at radius 1 is 1.04 bits per heavy atom. The summed E-state index contributed by atoms with van der Waals surface area (Å²) in [6, 6.07) is 14.5. The summed E-state index contributed by atoms with van der Waals surface area (Å²) in [5, 5.41) is 17.7. The van der Waals surface area contributed by atoms with Crippen LogP contribution >= 0.6 is 0 Å². The van der Waals surface area contributed by atoms with Crippen LogP contribution in [0.15, 0.2) is 46.6 Å². The van der Waals surface area contributed by atoms with Crippen molar-refractivity contribution in [3.63, 3.8) is 0 Å². The van der Waals surface area contributed by atoms with Gasteiger partial charge in [0, 0.05) is 5.71 Å². The van der Waals surface area contributed by atoms with E-state index < -0.39 is 0 Å². The second-order valence-corrected chi connectivity index (χ2v) is 7.67. The lowest BCUT2D eigenvalue weighted by molar-refractivity contribution is 0.586. The fourth-order valence-electron chi connectivity index (χ4n) is 3.01. The van der Waals surface area contributed by atoms with Crippen molar-refractivity contribution in [2.75, 3.05) is 0 Å². The van der Waals surface area contributed by atoms with E-state index in [1.807, 2.05) is 45.0 Å². The molecule has 0 amide bonds. The number of aryl methyl sites for hydroxylation is 1. The molecule has 0 aliphatic rings. The summed E-state index contributed by atoms with van der Waals surface area (Å²) in [7, 11) is 0. The molecule has 0 aliphatic carbocycles. The highest BCUT2D eigenvalue weighted by molar-refractivity contribution is 6.00. The van der Waals surface area contributed by atoms with Crippen LogP contribution in [0, 0.1) is 24.2 Å². The van der Waals surface area contributed by atoms with Gasteiger partial charge in [0.1, 0.15) is 0 Å². The molecule has 0 spiro atoms. The summed E-state index contributed by atoms with van der Waals surface area (Å²) in [5.41, 5.74) is 8.63. The van der Waals surface area contributed by atoms with Crippen LogP contribution in [0.2, 0.25) is 0 Å². The van der Waals surface area contributed by atoms with Gasteiger partial charge in [-0.15, -0.1) is 0 Å². The van der Waals surface area contributed by atoms with Gasteiger partial charge in [0.2, 0.25) is 0 Å². The van der Waals surface area contributed by atoms with Gasteiger partial charge in [0.25, 0.3) is 0 Å². The highest BCUT2D eigenvalue weighted by atomic mass is 15.2. The second-order valence-electron chi connectivity index (χ2n) is 7.67. The van der Waals surface area contributed by atoms with E-state index in [-0.39, 0.29) is 0 Å². The molecular formula is C24H29N3. The molecule has 140 valence electrons. The van der Waals surface area contributed by atoms with E-state index in [4.69, 9.17) is 5.26 Å². The van der Waals surface area contributed by atoms with Crippen molar-refractivity contribution in [3.8, 4) is 17.2 Å². The molecule has 3 heteroatoms. The van der Waals surface area contributed by atoms with E-state index >= 15 is 0 Å². The number of hydrogen-bond acceptors (Lipinski definition) is 3. The van der Waals surface area contributed by atoms with Gasteiger partial charge in [-0.2, -0.15) is 15.5 Å². The first kappa shape index (κ1) is 20.6. The predicted octanol–water partition coefficient (Wildman–Crippen LogP) is 6.33. The third-order valence-corrected chi connectivity index (χ3v) is 4.59. The molecule has 0 aliphatic heterocycles. The number of rotatable bonds is 6. The maximum absolute atomic E-state index is 9.09. The topological polar surface area (TPSA) is 48.5 Å². The predicted molar refractivity (Wildman–Crippen MR) is 115 cm³/mol. The Balaban J connectivity index is 2.58. The van der Waals surface area contributed by atoms with Crippen molar-refractivity contribution in [1.82, 2.24) is 0 Å².